The van der Waals surface area contributed by atoms with E-state index in [1.807, 2.05) is 37.3 Å². The Hall–Kier alpha value is -8.03. The Morgan fingerprint density at radius 3 is 2.30 bits per heavy atom. The smallest absolute Gasteiger partial charge is 0.409 e. The number of nitrogens with two attached hydrogens (primary N) is 1. The van der Waals surface area contributed by atoms with Crippen LogP contribution in [0.3, 0.4) is 0 Å². The van der Waals surface area contributed by atoms with E-state index in [0.29, 0.717) is 61.4 Å². The van der Waals surface area contributed by atoms with Gasteiger partial charge in [0.05, 0.1) is 44.3 Å². The largest absolute Gasteiger partial charge is 0.495 e. The number of carbonyl (C=O) groups is 10. The topological polar surface area (TPSA) is 347 Å². The van der Waals surface area contributed by atoms with Gasteiger partial charge in [-0.15, -0.1) is 0 Å². The van der Waals surface area contributed by atoms with Crippen molar-refractivity contribution in [1.29, 1.82) is 0 Å². The Morgan fingerprint density at radius 2 is 1.64 bits per heavy atom. The Bertz CT molecular complexity index is 2790. The molecule has 26 heteroatoms. The van der Waals surface area contributed by atoms with Gasteiger partial charge in [-0.1, -0.05) is 62.1 Å². The molecule has 2 saturated heterocycles. The molecule has 2 aromatic carbocycles. The van der Waals surface area contributed by atoms with Crippen molar-refractivity contribution in [3.63, 3.8) is 0 Å². The number of anilines is 2. The quantitative estimate of drug-likeness (QED) is 0.0490. The maximum absolute atomic E-state index is 13.2. The van der Waals surface area contributed by atoms with Crippen molar-refractivity contribution >= 4 is 82.4 Å². The summed E-state index contributed by atoms with van der Waals surface area (Å²) in [6.45, 7) is 7.58. The fraction of sp³-hybridized carbons (Fsp3) is 0.517. The van der Waals surface area contributed by atoms with Crippen LogP contribution >= 0.6 is 11.6 Å². The molecule has 0 spiro atoms. The van der Waals surface area contributed by atoms with Crippen molar-refractivity contribution in [1.82, 2.24) is 31.1 Å². The summed E-state index contributed by atoms with van der Waals surface area (Å²) >= 11 is 6.54. The predicted octanol–water partition coefficient (Wildman–Crippen LogP) is 5.01. The first kappa shape index (κ1) is 68.5. The summed E-state index contributed by atoms with van der Waals surface area (Å²) in [5.41, 5.74) is 6.62. The summed E-state index contributed by atoms with van der Waals surface area (Å²) in [4.78, 5) is 125. The fourth-order valence-electron chi connectivity index (χ4n) is 8.96. The van der Waals surface area contributed by atoms with Crippen molar-refractivity contribution in [2.45, 2.75) is 147 Å². The lowest BCUT2D eigenvalue weighted by atomic mass is 9.96. The first-order valence-corrected chi connectivity index (χ1v) is 28.1. The van der Waals surface area contributed by atoms with E-state index < -0.39 is 72.2 Å². The third-order valence-electron chi connectivity index (χ3n) is 13.7. The Morgan fingerprint density at radius 1 is 0.952 bits per heavy atom. The van der Waals surface area contributed by atoms with Crippen LogP contribution in [-0.4, -0.2) is 164 Å². The van der Waals surface area contributed by atoms with Gasteiger partial charge in [0.2, 0.25) is 23.6 Å². The number of epoxide rings is 1. The molecule has 4 aliphatic heterocycles. The van der Waals surface area contributed by atoms with Crippen molar-refractivity contribution in [2.24, 2.45) is 5.73 Å². The van der Waals surface area contributed by atoms with Crippen LogP contribution in [0.5, 0.6) is 11.5 Å². The number of carboxylic acids is 1. The number of carbonyl (C=O) groups excluding carboxylic acids is 9. The maximum atomic E-state index is 13.2. The zero-order valence-electron chi connectivity index (χ0n) is 48.9. The molecule has 10 amide bonds. The van der Waals surface area contributed by atoms with Gasteiger partial charge in [-0.3, -0.25) is 43.8 Å². The minimum Gasteiger partial charge on any atom is -0.495 e. The van der Waals surface area contributed by atoms with Gasteiger partial charge in [0, 0.05) is 77.0 Å². The number of hydrogen-bond acceptors (Lipinski definition) is 15. The van der Waals surface area contributed by atoms with E-state index in [-0.39, 0.29) is 92.1 Å². The lowest BCUT2D eigenvalue weighted by Gasteiger charge is -2.36. The number of imide groups is 1. The average molecular weight is 1190 g/mol. The van der Waals surface area contributed by atoms with Crippen LogP contribution in [0, 0.1) is 0 Å². The fourth-order valence-corrected chi connectivity index (χ4v) is 9.27. The molecule has 4 heterocycles. The van der Waals surface area contributed by atoms with Gasteiger partial charge in [-0.2, -0.15) is 0 Å². The summed E-state index contributed by atoms with van der Waals surface area (Å²) in [5.74, 6) is -3.66. The van der Waals surface area contributed by atoms with E-state index >= 15 is 0 Å². The summed E-state index contributed by atoms with van der Waals surface area (Å²) < 4.78 is 21.9. The number of likely N-dealkylation sites (N-methyl/N-ethyl adjacent to an activating group) is 1. The van der Waals surface area contributed by atoms with Crippen LogP contribution in [0.2, 0.25) is 5.02 Å². The van der Waals surface area contributed by atoms with Crippen molar-refractivity contribution in [3.05, 3.63) is 82.4 Å². The zero-order valence-corrected chi connectivity index (χ0v) is 49.6. The van der Waals surface area contributed by atoms with Gasteiger partial charge in [0.15, 0.2) is 0 Å². The number of amides is 10. The number of hydrogen-bond donors (Lipinski definition) is 8. The van der Waals surface area contributed by atoms with E-state index in [4.69, 9.17) is 36.3 Å². The molecule has 0 aliphatic carbocycles. The van der Waals surface area contributed by atoms with Crippen molar-refractivity contribution < 1.29 is 77.1 Å². The van der Waals surface area contributed by atoms with E-state index in [1.165, 1.54) is 57.9 Å². The van der Waals surface area contributed by atoms with E-state index in [1.54, 1.807) is 19.1 Å². The number of nitrogens with one attached hydrogen (secondary N) is 5. The van der Waals surface area contributed by atoms with Gasteiger partial charge >= 0.3 is 18.1 Å². The van der Waals surface area contributed by atoms with Crippen molar-refractivity contribution in [2.75, 3.05) is 58.2 Å². The van der Waals surface area contributed by atoms with Crippen LogP contribution in [0.25, 0.3) is 0 Å². The van der Waals surface area contributed by atoms with Crippen LogP contribution in [0.15, 0.2) is 66.3 Å². The first-order valence-electron chi connectivity index (χ1n) is 27.8. The molecule has 6 rings (SSSR count). The predicted molar refractivity (Wildman–Crippen MR) is 311 cm³/mol. The molecular formula is C58H80ClN9O16. The molecule has 2 aromatic rings. The molecular weight excluding hydrogens is 1110 g/mol. The lowest BCUT2D eigenvalue weighted by molar-refractivity contribution is -0.141. The molecule has 84 heavy (non-hydrogen) atoms. The SMILES string of the molecule is CCC.COc1cc(C(=O)N(C)[C@@H](C)C(=O)O)ccc1NC(=O)C(CCCNC(N)=O)NC(=O)CNC(=O)CCCCCN1C(=O)C=CC1=O.COc1cc2cc(c1Cl)N(C)C(=O)CCC1O[C@H]1CC1C[C@](O)(C/C=C/C=C(\C)C2)NC(=O)O1. The molecule has 6 atom stereocenters. The molecule has 9 N–H and O–H groups in total. The normalized spacial score (nSPS) is 20.9. The minimum atomic E-state index is -1.37. The number of nitrogens with zero attached hydrogens (tertiary/aromatic N) is 3. The number of rotatable bonds is 20. The molecule has 0 saturated carbocycles. The second-order valence-electron chi connectivity index (χ2n) is 20.6. The van der Waals surface area contributed by atoms with Crippen LogP contribution in [0.1, 0.15) is 121 Å². The number of aliphatic carboxylic acids is 1. The summed E-state index contributed by atoms with van der Waals surface area (Å²) in [6.07, 6.45) is 12.5. The maximum Gasteiger partial charge on any atom is 0.409 e. The van der Waals surface area contributed by atoms with Crippen LogP contribution in [-0.2, 0) is 49.5 Å². The molecule has 4 aliphatic rings. The first-order chi connectivity index (χ1) is 39.8. The van der Waals surface area contributed by atoms with Crippen LogP contribution < -0.4 is 46.7 Å². The highest BCUT2D eigenvalue weighted by Gasteiger charge is 2.45. The highest BCUT2D eigenvalue weighted by molar-refractivity contribution is 6.35. The monoisotopic (exact) mass is 1190 g/mol. The van der Waals surface area contributed by atoms with E-state index in [2.05, 4.69) is 40.4 Å². The van der Waals surface area contributed by atoms with Gasteiger partial charge < -0.3 is 66.0 Å². The molecule has 3 unspecified atom stereocenters. The van der Waals surface area contributed by atoms with Gasteiger partial charge in [-0.25, -0.2) is 14.4 Å². The average Bonchev–Trinajstić information content (AvgIpc) is 3.23. The zero-order chi connectivity index (χ0) is 62.3. The number of carboxylic acid groups (broad SMARTS) is 1. The molecule has 4 bridgehead atoms. The number of primary amides is 1. The minimum absolute atomic E-state index is 0.0777. The molecule has 460 valence electrons. The number of unbranched alkanes of at least 4 members (excludes halogenated alkanes) is 2. The third-order valence-corrected chi connectivity index (χ3v) is 14.1. The number of ether oxygens (including phenoxy) is 4. The molecule has 2 fully saturated rings. The Labute approximate surface area is 494 Å². The number of aliphatic hydroxyl groups is 1. The summed E-state index contributed by atoms with van der Waals surface area (Å²) in [6, 6.07) is 4.96. The highest BCUT2D eigenvalue weighted by Crippen LogP contribution is 2.38. The summed E-state index contributed by atoms with van der Waals surface area (Å²) in [7, 11) is 5.92. The number of methoxy groups -OCH3 is 2. The van der Waals surface area contributed by atoms with Gasteiger partial charge in [0.1, 0.15) is 40.4 Å². The van der Waals surface area contributed by atoms with E-state index in [0.717, 1.165) is 20.9 Å². The second kappa shape index (κ2) is 33.3. The summed E-state index contributed by atoms with van der Waals surface area (Å²) in [5, 5.41) is 33.1. The third kappa shape index (κ3) is 21.6. The van der Waals surface area contributed by atoms with Gasteiger partial charge in [0.25, 0.3) is 17.7 Å². The second-order valence-corrected chi connectivity index (χ2v) is 21.0. The Kier molecular flexibility index (Phi) is 27.2. The van der Waals surface area contributed by atoms with E-state index in [9.17, 15) is 58.2 Å². The molecule has 25 nitrogen and oxygen atoms in total. The van der Waals surface area contributed by atoms with Crippen molar-refractivity contribution in [3.8, 4) is 11.5 Å². The number of halogens is 1. The highest BCUT2D eigenvalue weighted by atomic mass is 35.5. The lowest BCUT2D eigenvalue weighted by Crippen LogP contribution is -2.56. The number of benzene rings is 2. The molecule has 0 aromatic heterocycles. The van der Waals surface area contributed by atoms with Gasteiger partial charge in [-0.05, 0) is 88.3 Å². The van der Waals surface area contributed by atoms with Crippen LogP contribution in [0.4, 0.5) is 21.0 Å². The molecule has 0 radical (unpaired) electrons. The standard InChI is InChI=1S/C30H41N7O10.C25H31ClN2O6.C3H8/c1-18(29(44)45)36(2)28(43)19-10-11-20(22(16-19)47-3)35-27(42)21(8-7-14-32-30(31)46)34-24(39)17-33-23(38)9-5-4-6-15-37-25(40)12-13-26(37)41;1-15-6-4-5-9-25(31)14-17(33-24(30)27-25)13-20-19(34-20)7-8-22(29)28(2)18-11-16(10-15)12-21(32-3)23(18)26;1-3-2/h10-13,16,18,21H,4-9,14-15,17H2,1-3H3,(H,33,38)(H,34,39)(H,35,42)(H,44,45)(H3,31,32,46);4-6,11-12,17,19-20,31H,7-10,13-14H2,1-3H3,(H,27,30);3H2,1-2H3/b;5-4+,15-6+;/t18-,21?;17?,19?,20-,25+;/m00./s1. The Balaban J connectivity index is 0.000000359. The number of fused-ring (bicyclic) bond motifs is 5. The number of urea groups is 1. The number of alkyl carbamates (subject to hydrolysis) is 1. The number of allylic oxidation sites excluding steroid dienone is 3.